The van der Waals surface area contributed by atoms with E-state index in [2.05, 4.69) is 53.3 Å². The van der Waals surface area contributed by atoms with Crippen LogP contribution in [0.15, 0.2) is 49.1 Å². The quantitative estimate of drug-likeness (QED) is 0.151. The highest BCUT2D eigenvalue weighted by Crippen LogP contribution is 2.87. The molecular formula is C41H57F3O6. The Hall–Kier alpha value is -2.65. The Bertz CT molecular complexity index is 1450. The lowest BCUT2D eigenvalue weighted by Gasteiger charge is -2.61. The number of halogens is 3. The third-order valence-corrected chi connectivity index (χ3v) is 14.4. The van der Waals surface area contributed by atoms with E-state index >= 15 is 0 Å². The summed E-state index contributed by atoms with van der Waals surface area (Å²) in [5.74, 6) is 0.190. The molecule has 5 rings (SSSR count). The molecule has 0 unspecified atom stereocenters. The van der Waals surface area contributed by atoms with Crippen LogP contribution >= 0.6 is 0 Å². The van der Waals surface area contributed by atoms with Gasteiger partial charge in [-0.15, -0.1) is 6.58 Å². The first kappa shape index (κ1) is 38.6. The largest absolute Gasteiger partial charge is 0.469 e. The molecule has 50 heavy (non-hydrogen) atoms. The van der Waals surface area contributed by atoms with Crippen LogP contribution in [0.4, 0.5) is 13.2 Å². The van der Waals surface area contributed by atoms with Crippen molar-refractivity contribution in [3.8, 4) is 0 Å². The topological polar surface area (TPSA) is 71.1 Å². The Morgan fingerprint density at radius 2 is 1.72 bits per heavy atom. The summed E-state index contributed by atoms with van der Waals surface area (Å²) in [6, 6.07) is 4.45. The molecule has 1 aromatic rings. The van der Waals surface area contributed by atoms with Crippen LogP contribution < -0.4 is 0 Å². The molecular weight excluding hydrogens is 645 g/mol. The standard InChI is InChI=1S/C41H57F3O6/c1-10-29-31(50-35(46)34(48-8)27-13-15-28(16-14-27)41(42,43)44)24-32-38(6)20-17-30(26(2)12-11-19-36(3,4)49-9)37(38,5)22-23-40(32)25-39(29,40)21-18-33(45)47-7/h10-11,13-16,19,26,29-32,34H,1,12,17-18,20-25H2,2-9H3/b19-11+/t26-,29-,30-,31+,32+,34+,37-,38+,39-,40+/m1/s1. The van der Waals surface area contributed by atoms with Crippen molar-refractivity contribution in [3.05, 3.63) is 60.2 Å². The summed E-state index contributed by atoms with van der Waals surface area (Å²) >= 11 is 0. The number of carbonyl (C=O) groups excluding carboxylic acids is 2. The molecule has 4 saturated carbocycles. The summed E-state index contributed by atoms with van der Waals surface area (Å²) < 4.78 is 62.4. The van der Waals surface area contributed by atoms with Crippen LogP contribution in [0.3, 0.4) is 0 Å². The monoisotopic (exact) mass is 702 g/mol. The summed E-state index contributed by atoms with van der Waals surface area (Å²) in [4.78, 5) is 26.4. The zero-order valence-electron chi connectivity index (χ0n) is 31.2. The van der Waals surface area contributed by atoms with Crippen molar-refractivity contribution in [1.82, 2.24) is 0 Å². The van der Waals surface area contributed by atoms with Gasteiger partial charge in [-0.25, -0.2) is 4.79 Å². The van der Waals surface area contributed by atoms with Gasteiger partial charge >= 0.3 is 18.1 Å². The highest BCUT2D eigenvalue weighted by molar-refractivity contribution is 5.77. The average molecular weight is 703 g/mol. The summed E-state index contributed by atoms with van der Waals surface area (Å²) in [5, 5.41) is 0. The highest BCUT2D eigenvalue weighted by Gasteiger charge is 2.81. The van der Waals surface area contributed by atoms with E-state index in [0.29, 0.717) is 30.2 Å². The van der Waals surface area contributed by atoms with Gasteiger partial charge in [-0.2, -0.15) is 13.2 Å². The fourth-order valence-corrected chi connectivity index (χ4v) is 11.4. The number of hydrogen-bond acceptors (Lipinski definition) is 6. The van der Waals surface area contributed by atoms with Gasteiger partial charge in [0.2, 0.25) is 0 Å². The van der Waals surface area contributed by atoms with Gasteiger partial charge in [-0.1, -0.05) is 51.1 Å². The smallest absolute Gasteiger partial charge is 0.416 e. The van der Waals surface area contributed by atoms with Gasteiger partial charge in [0.1, 0.15) is 6.10 Å². The lowest BCUT2D eigenvalue weighted by atomic mass is 9.43. The normalized spacial score (nSPS) is 36.1. The van der Waals surface area contributed by atoms with Crippen LogP contribution in [0.5, 0.6) is 0 Å². The number of allylic oxidation sites excluding steroid dienone is 1. The molecule has 10 atom stereocenters. The first-order chi connectivity index (χ1) is 23.4. The maximum absolute atomic E-state index is 13.9. The molecule has 0 radical (unpaired) electrons. The van der Waals surface area contributed by atoms with Crippen molar-refractivity contribution >= 4 is 11.9 Å². The lowest BCUT2D eigenvalue weighted by Crippen LogP contribution is -2.57. The van der Waals surface area contributed by atoms with Crippen LogP contribution in [-0.4, -0.2) is 45.0 Å². The van der Waals surface area contributed by atoms with Crippen molar-refractivity contribution in [2.45, 2.75) is 116 Å². The number of benzene rings is 1. The molecule has 1 spiro atoms. The molecule has 0 N–H and O–H groups in total. The number of rotatable bonds is 13. The van der Waals surface area contributed by atoms with Gasteiger partial charge in [-0.3, -0.25) is 4.79 Å². The molecule has 0 aliphatic heterocycles. The number of carbonyl (C=O) groups is 2. The third-order valence-electron chi connectivity index (χ3n) is 14.4. The van der Waals surface area contributed by atoms with Crippen molar-refractivity contribution in [2.24, 2.45) is 45.3 Å². The Morgan fingerprint density at radius 3 is 2.30 bits per heavy atom. The zero-order valence-corrected chi connectivity index (χ0v) is 31.2. The Kier molecular flexibility index (Phi) is 10.6. The van der Waals surface area contributed by atoms with E-state index in [1.165, 1.54) is 26.4 Å². The van der Waals surface area contributed by atoms with E-state index in [1.807, 2.05) is 6.08 Å². The van der Waals surface area contributed by atoms with Gasteiger partial charge in [0.25, 0.3) is 0 Å². The molecule has 0 aromatic heterocycles. The predicted octanol–water partition coefficient (Wildman–Crippen LogP) is 9.68. The Labute approximate surface area is 296 Å². The highest BCUT2D eigenvalue weighted by atomic mass is 19.4. The molecule has 0 amide bonds. The van der Waals surface area contributed by atoms with Crippen LogP contribution in [0.1, 0.15) is 110 Å². The molecule has 0 bridgehead atoms. The van der Waals surface area contributed by atoms with Crippen LogP contribution in [0, 0.1) is 45.3 Å². The fraction of sp³-hybridized carbons (Fsp3) is 0.707. The summed E-state index contributed by atoms with van der Waals surface area (Å²) in [7, 11) is 4.50. The summed E-state index contributed by atoms with van der Waals surface area (Å²) in [6.45, 7) is 15.7. The minimum absolute atomic E-state index is 0.00560. The number of fused-ring (bicyclic) bond motifs is 2. The summed E-state index contributed by atoms with van der Waals surface area (Å²) in [6.07, 6.45) is 8.01. The lowest BCUT2D eigenvalue weighted by molar-refractivity contribution is -0.183. The van der Waals surface area contributed by atoms with Crippen LogP contribution in [0.2, 0.25) is 0 Å². The van der Waals surface area contributed by atoms with Crippen molar-refractivity contribution in [1.29, 1.82) is 0 Å². The number of ether oxygens (including phenoxy) is 4. The van der Waals surface area contributed by atoms with Gasteiger partial charge in [0, 0.05) is 26.6 Å². The van der Waals surface area contributed by atoms with Crippen molar-refractivity contribution in [3.63, 3.8) is 0 Å². The third kappa shape index (κ3) is 6.37. The zero-order chi connectivity index (χ0) is 36.9. The second kappa shape index (κ2) is 13.7. The molecule has 4 aliphatic carbocycles. The van der Waals surface area contributed by atoms with Crippen molar-refractivity contribution < 1.29 is 41.7 Å². The maximum atomic E-state index is 13.9. The number of esters is 2. The maximum Gasteiger partial charge on any atom is 0.416 e. The number of alkyl halides is 3. The first-order valence-corrected chi connectivity index (χ1v) is 18.2. The number of hydrogen-bond donors (Lipinski definition) is 0. The van der Waals surface area contributed by atoms with E-state index in [4.69, 9.17) is 18.9 Å². The fourth-order valence-electron chi connectivity index (χ4n) is 11.4. The van der Waals surface area contributed by atoms with Gasteiger partial charge in [0.05, 0.1) is 18.3 Å². The van der Waals surface area contributed by atoms with E-state index < -0.39 is 29.9 Å². The minimum atomic E-state index is -4.49. The van der Waals surface area contributed by atoms with Gasteiger partial charge < -0.3 is 18.9 Å². The Morgan fingerprint density at radius 1 is 1.04 bits per heavy atom. The molecule has 6 nitrogen and oxygen atoms in total. The van der Waals surface area contributed by atoms with E-state index in [1.54, 1.807) is 7.11 Å². The predicted molar refractivity (Wildman–Crippen MR) is 186 cm³/mol. The van der Waals surface area contributed by atoms with Gasteiger partial charge in [0.15, 0.2) is 6.10 Å². The van der Waals surface area contributed by atoms with Crippen LogP contribution in [-0.2, 0) is 34.7 Å². The molecule has 9 heteroatoms. The number of methoxy groups -OCH3 is 3. The molecule has 4 fully saturated rings. The van der Waals surface area contributed by atoms with Gasteiger partial charge in [-0.05, 0) is 122 Å². The molecule has 0 heterocycles. The average Bonchev–Trinajstić information content (AvgIpc) is 3.65. The first-order valence-electron chi connectivity index (χ1n) is 18.2. The molecule has 0 saturated heterocycles. The minimum Gasteiger partial charge on any atom is -0.469 e. The molecule has 1 aromatic carbocycles. The molecule has 4 aliphatic rings. The second-order valence-electron chi connectivity index (χ2n) is 16.7. The Balaban J connectivity index is 1.45. The summed E-state index contributed by atoms with van der Waals surface area (Å²) in [5.41, 5.74) is -1.01. The molecule has 278 valence electrons. The van der Waals surface area contributed by atoms with Crippen LogP contribution in [0.25, 0.3) is 0 Å². The van der Waals surface area contributed by atoms with E-state index in [0.717, 1.165) is 50.7 Å². The van der Waals surface area contributed by atoms with E-state index in [-0.39, 0.29) is 51.5 Å². The second-order valence-corrected chi connectivity index (χ2v) is 16.7. The SMILES string of the molecule is C=C[C@@H]1[C@@H](OC(=O)[C@@H](OC)c2ccc(C(F)(F)F)cc2)C[C@@H]2[C@]3(CC[C@]4(C)[C@@H]([C@H](C)C/C=C/C(C)(C)OC)CC[C@@]24C)C[C@]13CCC(=O)OC. The van der Waals surface area contributed by atoms with Crippen molar-refractivity contribution in [2.75, 3.05) is 21.3 Å². The van der Waals surface area contributed by atoms with E-state index in [9.17, 15) is 22.8 Å².